The van der Waals surface area contributed by atoms with Crippen LogP contribution in [0.5, 0.6) is 0 Å². The minimum absolute atomic E-state index is 0.0274. The van der Waals surface area contributed by atoms with Gasteiger partial charge in [-0.2, -0.15) is 0 Å². The van der Waals surface area contributed by atoms with Crippen molar-refractivity contribution in [2.24, 2.45) is 0 Å². The standard InChI is InChI=1S/C16H24Br2F2N2O2/c1-9(15(3,4)17)7-21-13(23)11(19)12(20)14(24)22-8-10(2)16(5,6)18/h11-12H,1-2,7-8H2,3-6H3,(H,21,23)(H,22,24). The van der Waals surface area contributed by atoms with Crippen LogP contribution in [-0.4, -0.2) is 45.9 Å². The summed E-state index contributed by atoms with van der Waals surface area (Å²) in [5.74, 6) is -2.40. The van der Waals surface area contributed by atoms with Crippen LogP contribution in [0.15, 0.2) is 24.3 Å². The lowest BCUT2D eigenvalue weighted by Gasteiger charge is -2.22. The summed E-state index contributed by atoms with van der Waals surface area (Å²) in [6, 6.07) is 0. The van der Waals surface area contributed by atoms with Crippen molar-refractivity contribution in [1.29, 1.82) is 0 Å². The summed E-state index contributed by atoms with van der Waals surface area (Å²) in [6.07, 6.45) is -5.19. The Morgan fingerprint density at radius 1 is 0.875 bits per heavy atom. The van der Waals surface area contributed by atoms with Crippen molar-refractivity contribution in [3.8, 4) is 0 Å². The van der Waals surface area contributed by atoms with Crippen LogP contribution >= 0.6 is 31.9 Å². The first-order valence-corrected chi connectivity index (χ1v) is 8.84. The van der Waals surface area contributed by atoms with E-state index in [4.69, 9.17) is 0 Å². The van der Waals surface area contributed by atoms with Gasteiger partial charge in [0.25, 0.3) is 11.8 Å². The van der Waals surface area contributed by atoms with E-state index in [1.807, 2.05) is 0 Å². The number of carbonyl (C=O) groups excluding carboxylic acids is 2. The molecular weight excluding hydrogens is 450 g/mol. The first kappa shape index (κ1) is 23.2. The Labute approximate surface area is 158 Å². The Hall–Kier alpha value is -0.760. The van der Waals surface area contributed by atoms with E-state index in [2.05, 4.69) is 55.7 Å². The van der Waals surface area contributed by atoms with Crippen molar-refractivity contribution >= 4 is 43.7 Å². The summed E-state index contributed by atoms with van der Waals surface area (Å²) < 4.78 is 26.7. The van der Waals surface area contributed by atoms with Gasteiger partial charge in [0, 0.05) is 21.7 Å². The first-order chi connectivity index (χ1) is 10.7. The third-order valence-corrected chi connectivity index (χ3v) is 4.51. The van der Waals surface area contributed by atoms with E-state index in [9.17, 15) is 18.4 Å². The lowest BCUT2D eigenvalue weighted by Crippen LogP contribution is -2.46. The van der Waals surface area contributed by atoms with Crippen molar-refractivity contribution in [3.63, 3.8) is 0 Å². The van der Waals surface area contributed by atoms with Crippen LogP contribution in [0.2, 0.25) is 0 Å². The third-order valence-electron chi connectivity index (χ3n) is 3.39. The quantitative estimate of drug-likeness (QED) is 0.398. The van der Waals surface area contributed by atoms with E-state index in [1.54, 1.807) is 27.7 Å². The van der Waals surface area contributed by atoms with Crippen molar-refractivity contribution in [3.05, 3.63) is 24.3 Å². The van der Waals surface area contributed by atoms with Crippen LogP contribution in [0, 0.1) is 0 Å². The Kier molecular flexibility index (Phi) is 8.79. The fraction of sp³-hybridized carbons (Fsp3) is 0.625. The number of alkyl halides is 4. The van der Waals surface area contributed by atoms with Gasteiger partial charge in [-0.3, -0.25) is 9.59 Å². The van der Waals surface area contributed by atoms with Gasteiger partial charge in [-0.25, -0.2) is 8.78 Å². The molecular formula is C16H24Br2F2N2O2. The maximum absolute atomic E-state index is 13.8. The normalized spacial score (nSPS) is 14.5. The van der Waals surface area contributed by atoms with Crippen LogP contribution in [0.25, 0.3) is 0 Å². The fourth-order valence-corrected chi connectivity index (χ4v) is 1.55. The number of halogens is 4. The molecule has 0 aromatic rings. The number of nitrogens with one attached hydrogen (secondary N) is 2. The highest BCUT2D eigenvalue weighted by atomic mass is 79.9. The molecule has 0 aromatic heterocycles. The molecule has 0 heterocycles. The zero-order valence-electron chi connectivity index (χ0n) is 14.3. The molecule has 0 rings (SSSR count). The summed E-state index contributed by atoms with van der Waals surface area (Å²) in [7, 11) is 0. The van der Waals surface area contributed by atoms with Crippen molar-refractivity contribution < 1.29 is 18.4 Å². The number of amides is 2. The maximum atomic E-state index is 13.8. The minimum atomic E-state index is -2.60. The van der Waals surface area contributed by atoms with E-state index in [0.29, 0.717) is 11.1 Å². The van der Waals surface area contributed by atoms with E-state index in [-0.39, 0.29) is 13.1 Å². The van der Waals surface area contributed by atoms with Crippen LogP contribution < -0.4 is 10.6 Å². The fourth-order valence-electron chi connectivity index (χ4n) is 1.27. The van der Waals surface area contributed by atoms with Crippen molar-refractivity contribution in [2.45, 2.75) is 48.7 Å². The van der Waals surface area contributed by atoms with Crippen molar-refractivity contribution in [2.75, 3.05) is 13.1 Å². The molecule has 4 nitrogen and oxygen atoms in total. The summed E-state index contributed by atoms with van der Waals surface area (Å²) >= 11 is 6.68. The summed E-state index contributed by atoms with van der Waals surface area (Å²) in [4.78, 5) is 23.3. The second kappa shape index (κ2) is 9.08. The predicted molar refractivity (Wildman–Crippen MR) is 100 cm³/mol. The van der Waals surface area contributed by atoms with Gasteiger partial charge in [-0.1, -0.05) is 45.0 Å². The van der Waals surface area contributed by atoms with Crippen LogP contribution in [0.1, 0.15) is 27.7 Å². The zero-order chi connectivity index (χ0) is 19.3. The maximum Gasteiger partial charge on any atom is 0.258 e. The molecule has 0 radical (unpaired) electrons. The van der Waals surface area contributed by atoms with E-state index < -0.39 is 32.8 Å². The van der Waals surface area contributed by atoms with Crippen LogP contribution in [0.3, 0.4) is 0 Å². The van der Waals surface area contributed by atoms with Gasteiger partial charge < -0.3 is 10.6 Å². The number of carbonyl (C=O) groups is 2. The SMILES string of the molecule is C=C(CNC(=O)C(F)C(F)C(=O)NCC(=C)C(C)(C)Br)C(C)(C)Br. The molecule has 0 aliphatic carbocycles. The molecule has 0 saturated heterocycles. The molecule has 2 unspecified atom stereocenters. The minimum Gasteiger partial charge on any atom is -0.350 e. The number of hydrogen-bond acceptors (Lipinski definition) is 2. The lowest BCUT2D eigenvalue weighted by atomic mass is 10.0. The van der Waals surface area contributed by atoms with E-state index in [0.717, 1.165) is 0 Å². The van der Waals surface area contributed by atoms with Crippen LogP contribution in [-0.2, 0) is 9.59 Å². The van der Waals surface area contributed by atoms with Crippen molar-refractivity contribution in [1.82, 2.24) is 10.6 Å². The topological polar surface area (TPSA) is 58.2 Å². The first-order valence-electron chi connectivity index (χ1n) is 7.25. The van der Waals surface area contributed by atoms with Gasteiger partial charge in [0.1, 0.15) is 0 Å². The molecule has 2 amide bonds. The van der Waals surface area contributed by atoms with Gasteiger partial charge in [-0.15, -0.1) is 0 Å². The van der Waals surface area contributed by atoms with Crippen LogP contribution in [0.4, 0.5) is 8.78 Å². The second-order valence-corrected chi connectivity index (χ2v) is 10.4. The number of rotatable bonds is 9. The average molecular weight is 474 g/mol. The van der Waals surface area contributed by atoms with Gasteiger partial charge >= 0.3 is 0 Å². The Morgan fingerprint density at radius 2 is 1.12 bits per heavy atom. The largest absolute Gasteiger partial charge is 0.350 e. The summed E-state index contributed by atoms with van der Waals surface area (Å²) in [6.45, 7) is 14.6. The Balaban J connectivity index is 4.51. The molecule has 2 atom stereocenters. The zero-order valence-corrected chi connectivity index (χ0v) is 17.5. The highest BCUT2D eigenvalue weighted by Crippen LogP contribution is 2.24. The highest BCUT2D eigenvalue weighted by molar-refractivity contribution is 9.10. The third kappa shape index (κ3) is 7.88. The second-order valence-electron chi connectivity index (χ2n) is 6.39. The predicted octanol–water partition coefficient (Wildman–Crippen LogP) is 3.35. The van der Waals surface area contributed by atoms with E-state index in [1.165, 1.54) is 0 Å². The molecule has 0 aliphatic rings. The van der Waals surface area contributed by atoms with Gasteiger partial charge in [0.05, 0.1) is 0 Å². The molecule has 8 heteroatoms. The lowest BCUT2D eigenvalue weighted by molar-refractivity contribution is -0.136. The highest BCUT2D eigenvalue weighted by Gasteiger charge is 2.34. The average Bonchev–Trinajstić information content (AvgIpc) is 2.45. The van der Waals surface area contributed by atoms with Gasteiger partial charge in [0.2, 0.25) is 12.3 Å². The molecule has 0 saturated carbocycles. The Morgan fingerprint density at radius 3 is 1.33 bits per heavy atom. The number of hydrogen-bond donors (Lipinski definition) is 2. The molecule has 2 N–H and O–H groups in total. The summed E-state index contributed by atoms with van der Waals surface area (Å²) in [5, 5.41) is 4.45. The molecule has 0 fully saturated rings. The molecule has 0 aliphatic heterocycles. The molecule has 0 aromatic carbocycles. The molecule has 0 spiro atoms. The Bertz CT molecular complexity index is 465. The molecule has 138 valence electrons. The summed E-state index contributed by atoms with van der Waals surface area (Å²) in [5.41, 5.74) is 1.16. The van der Waals surface area contributed by atoms with Gasteiger partial charge in [0.15, 0.2) is 0 Å². The smallest absolute Gasteiger partial charge is 0.258 e. The molecule has 0 bridgehead atoms. The molecule has 24 heavy (non-hydrogen) atoms. The monoisotopic (exact) mass is 472 g/mol. The van der Waals surface area contributed by atoms with E-state index >= 15 is 0 Å². The van der Waals surface area contributed by atoms with Gasteiger partial charge in [-0.05, 0) is 38.8 Å².